The topological polar surface area (TPSA) is 32.3 Å². The molecule has 2 nitrogen and oxygen atoms in total. The molecular weight excluding hydrogens is 222 g/mol. The lowest BCUT2D eigenvalue weighted by atomic mass is 9.71. The fourth-order valence-electron chi connectivity index (χ4n) is 3.90. The first-order valence-corrected chi connectivity index (χ1v) is 7.87. The Kier molecular flexibility index (Phi) is 4.71. The van der Waals surface area contributed by atoms with E-state index in [9.17, 15) is 5.11 Å². The third-order valence-electron chi connectivity index (χ3n) is 5.30. The zero-order chi connectivity index (χ0) is 13.2. The standard InChI is InChI=1S/C16H31NO/c1-16(2,3)13-7-9-14(10-8-13)17-15-6-4-5-12(15)11-18/h12-15,17-18H,4-11H2,1-3H3. The van der Waals surface area contributed by atoms with Gasteiger partial charge in [-0.1, -0.05) is 27.2 Å². The van der Waals surface area contributed by atoms with Gasteiger partial charge in [-0.2, -0.15) is 0 Å². The van der Waals surface area contributed by atoms with Crippen molar-refractivity contribution in [2.24, 2.45) is 17.3 Å². The van der Waals surface area contributed by atoms with E-state index in [1.807, 2.05) is 0 Å². The number of hydrogen-bond acceptors (Lipinski definition) is 2. The van der Waals surface area contributed by atoms with Crippen LogP contribution < -0.4 is 5.32 Å². The van der Waals surface area contributed by atoms with E-state index in [-0.39, 0.29) is 0 Å². The second kappa shape index (κ2) is 5.92. The number of hydrogen-bond donors (Lipinski definition) is 2. The van der Waals surface area contributed by atoms with E-state index in [0.717, 1.165) is 5.92 Å². The normalized spacial score (nSPS) is 38.0. The molecule has 0 spiro atoms. The molecule has 2 aliphatic carbocycles. The SMILES string of the molecule is CC(C)(C)C1CCC(NC2CCCC2CO)CC1. The lowest BCUT2D eigenvalue weighted by Gasteiger charge is -2.38. The third kappa shape index (κ3) is 3.48. The summed E-state index contributed by atoms with van der Waals surface area (Å²) in [6.07, 6.45) is 9.18. The molecule has 18 heavy (non-hydrogen) atoms. The van der Waals surface area contributed by atoms with Crippen molar-refractivity contribution in [1.29, 1.82) is 0 Å². The summed E-state index contributed by atoms with van der Waals surface area (Å²) >= 11 is 0. The summed E-state index contributed by atoms with van der Waals surface area (Å²) in [5.74, 6) is 1.41. The summed E-state index contributed by atoms with van der Waals surface area (Å²) in [6, 6.07) is 1.30. The van der Waals surface area contributed by atoms with Crippen LogP contribution in [0, 0.1) is 17.3 Å². The zero-order valence-electron chi connectivity index (χ0n) is 12.4. The lowest BCUT2D eigenvalue weighted by Crippen LogP contribution is -2.44. The molecule has 2 heteroatoms. The average Bonchev–Trinajstić information content (AvgIpc) is 2.76. The predicted molar refractivity (Wildman–Crippen MR) is 76.6 cm³/mol. The van der Waals surface area contributed by atoms with Gasteiger partial charge in [-0.3, -0.25) is 0 Å². The van der Waals surface area contributed by atoms with Crippen molar-refractivity contribution in [3.05, 3.63) is 0 Å². The lowest BCUT2D eigenvalue weighted by molar-refractivity contribution is 0.145. The molecule has 0 aromatic heterocycles. The number of nitrogens with one attached hydrogen (secondary N) is 1. The Morgan fingerprint density at radius 2 is 1.67 bits per heavy atom. The molecule has 2 saturated carbocycles. The first-order chi connectivity index (χ1) is 8.50. The van der Waals surface area contributed by atoms with Crippen LogP contribution in [0.3, 0.4) is 0 Å². The summed E-state index contributed by atoms with van der Waals surface area (Å²) in [4.78, 5) is 0. The first-order valence-electron chi connectivity index (χ1n) is 7.87. The van der Waals surface area contributed by atoms with Crippen molar-refractivity contribution in [3.63, 3.8) is 0 Å². The van der Waals surface area contributed by atoms with Gasteiger partial charge in [0.25, 0.3) is 0 Å². The molecule has 0 saturated heterocycles. The van der Waals surface area contributed by atoms with Crippen molar-refractivity contribution in [1.82, 2.24) is 5.32 Å². The maximum absolute atomic E-state index is 9.37. The van der Waals surface area contributed by atoms with Gasteiger partial charge in [-0.15, -0.1) is 0 Å². The largest absolute Gasteiger partial charge is 0.396 e. The Morgan fingerprint density at radius 3 is 2.22 bits per heavy atom. The molecule has 0 bridgehead atoms. The fourth-order valence-corrected chi connectivity index (χ4v) is 3.90. The third-order valence-corrected chi connectivity index (χ3v) is 5.30. The number of aliphatic hydroxyl groups is 1. The molecule has 2 unspecified atom stereocenters. The van der Waals surface area contributed by atoms with Crippen LogP contribution in [0.15, 0.2) is 0 Å². The van der Waals surface area contributed by atoms with Crippen LogP contribution in [-0.2, 0) is 0 Å². The predicted octanol–water partition coefficient (Wildman–Crippen LogP) is 3.34. The molecule has 0 heterocycles. The average molecular weight is 253 g/mol. The van der Waals surface area contributed by atoms with Gasteiger partial charge >= 0.3 is 0 Å². The van der Waals surface area contributed by atoms with Crippen molar-refractivity contribution in [2.75, 3.05) is 6.61 Å². The Morgan fingerprint density at radius 1 is 1.00 bits per heavy atom. The molecule has 0 aromatic carbocycles. The second-order valence-electron chi connectivity index (χ2n) is 7.56. The smallest absolute Gasteiger partial charge is 0.0474 e. The van der Waals surface area contributed by atoms with Crippen LogP contribution in [0.2, 0.25) is 0 Å². The minimum atomic E-state index is 0.370. The summed E-state index contributed by atoms with van der Waals surface area (Å²) in [6.45, 7) is 7.51. The molecule has 2 fully saturated rings. The van der Waals surface area contributed by atoms with Crippen LogP contribution in [-0.4, -0.2) is 23.8 Å². The molecule has 2 atom stereocenters. The van der Waals surface area contributed by atoms with Crippen LogP contribution in [0.25, 0.3) is 0 Å². The highest BCUT2D eigenvalue weighted by molar-refractivity contribution is 4.89. The van der Waals surface area contributed by atoms with Gasteiger partial charge in [0, 0.05) is 18.7 Å². The van der Waals surface area contributed by atoms with E-state index in [1.54, 1.807) is 0 Å². The Balaban J connectivity index is 1.77. The number of rotatable bonds is 3. The van der Waals surface area contributed by atoms with E-state index in [1.165, 1.54) is 44.9 Å². The summed E-state index contributed by atoms with van der Waals surface area (Å²) in [5, 5.41) is 13.2. The van der Waals surface area contributed by atoms with E-state index in [0.29, 0.717) is 30.0 Å². The monoisotopic (exact) mass is 253 g/mol. The van der Waals surface area contributed by atoms with Crippen molar-refractivity contribution < 1.29 is 5.11 Å². The van der Waals surface area contributed by atoms with Gasteiger partial charge in [0.1, 0.15) is 0 Å². The Hall–Kier alpha value is -0.0800. The minimum Gasteiger partial charge on any atom is -0.396 e. The van der Waals surface area contributed by atoms with Crippen LogP contribution in [0.5, 0.6) is 0 Å². The Labute approximate surface area is 113 Å². The minimum absolute atomic E-state index is 0.370. The molecule has 106 valence electrons. The summed E-state index contributed by atoms with van der Waals surface area (Å²) < 4.78 is 0. The molecule has 0 amide bonds. The van der Waals surface area contributed by atoms with Gasteiger partial charge in [-0.05, 0) is 55.8 Å². The van der Waals surface area contributed by atoms with Crippen LogP contribution in [0.1, 0.15) is 65.7 Å². The first kappa shape index (κ1) is 14.3. The summed E-state index contributed by atoms with van der Waals surface area (Å²) in [7, 11) is 0. The van der Waals surface area contributed by atoms with E-state index < -0.39 is 0 Å². The molecule has 2 rings (SSSR count). The van der Waals surface area contributed by atoms with E-state index >= 15 is 0 Å². The quantitative estimate of drug-likeness (QED) is 0.808. The Bertz CT molecular complexity index is 250. The van der Waals surface area contributed by atoms with E-state index in [4.69, 9.17) is 0 Å². The molecule has 2 aliphatic rings. The maximum atomic E-state index is 9.37. The maximum Gasteiger partial charge on any atom is 0.0474 e. The van der Waals surface area contributed by atoms with Crippen molar-refractivity contribution >= 4 is 0 Å². The highest BCUT2D eigenvalue weighted by Gasteiger charge is 2.33. The van der Waals surface area contributed by atoms with Gasteiger partial charge in [0.2, 0.25) is 0 Å². The van der Waals surface area contributed by atoms with Gasteiger partial charge in [0.15, 0.2) is 0 Å². The summed E-state index contributed by atoms with van der Waals surface area (Å²) in [5.41, 5.74) is 0.478. The van der Waals surface area contributed by atoms with E-state index in [2.05, 4.69) is 26.1 Å². The fraction of sp³-hybridized carbons (Fsp3) is 1.00. The van der Waals surface area contributed by atoms with Gasteiger partial charge in [-0.25, -0.2) is 0 Å². The molecule has 0 radical (unpaired) electrons. The van der Waals surface area contributed by atoms with Crippen LogP contribution in [0.4, 0.5) is 0 Å². The molecular formula is C16H31NO. The van der Waals surface area contributed by atoms with Gasteiger partial charge < -0.3 is 10.4 Å². The van der Waals surface area contributed by atoms with Gasteiger partial charge in [0.05, 0.1) is 0 Å². The van der Waals surface area contributed by atoms with Crippen molar-refractivity contribution in [2.45, 2.75) is 77.8 Å². The van der Waals surface area contributed by atoms with Crippen molar-refractivity contribution in [3.8, 4) is 0 Å². The highest BCUT2D eigenvalue weighted by atomic mass is 16.3. The van der Waals surface area contributed by atoms with Crippen LogP contribution >= 0.6 is 0 Å². The molecule has 0 aromatic rings. The molecule has 0 aliphatic heterocycles. The second-order valence-corrected chi connectivity index (χ2v) is 7.56. The molecule has 2 N–H and O–H groups in total. The zero-order valence-corrected chi connectivity index (χ0v) is 12.4. The highest BCUT2D eigenvalue weighted by Crippen LogP contribution is 2.38. The number of aliphatic hydroxyl groups excluding tert-OH is 1.